The number of fused-ring (bicyclic) bond motifs is 1. The molecule has 0 aromatic heterocycles. The topological polar surface area (TPSA) is 44.8 Å². The standard InChI is InChI=1S/C18H25BO4/c1-11-13(19-22-17(4,5)18(6,7)23-19)9-8-12-14(20)10-16(2,3)21-15(11)12/h8-9H,10H2,1-7H3. The fraction of sp³-hybridized carbons (Fsp3) is 0.611. The van der Waals surface area contributed by atoms with Gasteiger partial charge in [0.15, 0.2) is 5.78 Å². The lowest BCUT2D eigenvalue weighted by molar-refractivity contribution is 0.00578. The molecule has 1 fully saturated rings. The van der Waals surface area contributed by atoms with Crippen LogP contribution in [0.1, 0.15) is 63.9 Å². The third-order valence-electron chi connectivity index (χ3n) is 5.22. The Morgan fingerprint density at radius 2 is 1.57 bits per heavy atom. The van der Waals surface area contributed by atoms with Crippen molar-refractivity contribution in [3.8, 4) is 5.75 Å². The summed E-state index contributed by atoms with van der Waals surface area (Å²) in [5, 5.41) is 0. The summed E-state index contributed by atoms with van der Waals surface area (Å²) in [4.78, 5) is 12.3. The van der Waals surface area contributed by atoms with E-state index in [0.717, 1.165) is 11.0 Å². The lowest BCUT2D eigenvalue weighted by Gasteiger charge is -2.33. The fourth-order valence-corrected chi connectivity index (χ4v) is 3.08. The van der Waals surface area contributed by atoms with Gasteiger partial charge in [-0.15, -0.1) is 0 Å². The third kappa shape index (κ3) is 2.60. The van der Waals surface area contributed by atoms with Crippen LogP contribution in [0, 0.1) is 6.92 Å². The highest BCUT2D eigenvalue weighted by Crippen LogP contribution is 2.39. The average Bonchev–Trinajstić information content (AvgIpc) is 2.58. The van der Waals surface area contributed by atoms with Gasteiger partial charge in [0.05, 0.1) is 23.2 Å². The van der Waals surface area contributed by atoms with Gasteiger partial charge in [-0.05, 0) is 65.6 Å². The molecular formula is C18H25BO4. The molecule has 0 bridgehead atoms. The Labute approximate surface area is 138 Å². The Kier molecular flexibility index (Phi) is 3.48. The molecule has 23 heavy (non-hydrogen) atoms. The van der Waals surface area contributed by atoms with E-state index in [1.54, 1.807) is 0 Å². The highest BCUT2D eigenvalue weighted by atomic mass is 16.7. The van der Waals surface area contributed by atoms with Crippen molar-refractivity contribution in [1.29, 1.82) is 0 Å². The summed E-state index contributed by atoms with van der Waals surface area (Å²) in [6.45, 7) is 14.0. The largest absolute Gasteiger partial charge is 0.495 e. The molecule has 0 atom stereocenters. The first kappa shape index (κ1) is 16.5. The van der Waals surface area contributed by atoms with E-state index >= 15 is 0 Å². The first-order valence-corrected chi connectivity index (χ1v) is 8.15. The predicted molar refractivity (Wildman–Crippen MR) is 90.5 cm³/mol. The number of carbonyl (C=O) groups is 1. The van der Waals surface area contributed by atoms with Gasteiger partial charge < -0.3 is 14.0 Å². The molecule has 0 N–H and O–H groups in total. The van der Waals surface area contributed by atoms with E-state index < -0.39 is 23.9 Å². The molecule has 2 aliphatic heterocycles. The van der Waals surface area contributed by atoms with Gasteiger partial charge in [-0.3, -0.25) is 4.79 Å². The van der Waals surface area contributed by atoms with Crippen LogP contribution in [0.5, 0.6) is 5.75 Å². The molecule has 1 aromatic carbocycles. The van der Waals surface area contributed by atoms with Crippen molar-refractivity contribution in [1.82, 2.24) is 0 Å². The van der Waals surface area contributed by atoms with Crippen LogP contribution in [0.2, 0.25) is 0 Å². The Bertz CT molecular complexity index is 660. The van der Waals surface area contributed by atoms with Crippen LogP contribution in [-0.2, 0) is 9.31 Å². The summed E-state index contributed by atoms with van der Waals surface area (Å²) in [7, 11) is -0.450. The van der Waals surface area contributed by atoms with Gasteiger partial charge in [0.1, 0.15) is 11.4 Å². The fourth-order valence-electron chi connectivity index (χ4n) is 3.08. The molecule has 0 aliphatic carbocycles. The minimum Gasteiger partial charge on any atom is -0.486 e. The van der Waals surface area contributed by atoms with E-state index in [2.05, 4.69) is 0 Å². The number of carbonyl (C=O) groups excluding carboxylic acids is 1. The summed E-state index contributed by atoms with van der Waals surface area (Å²) in [6, 6.07) is 3.76. The molecule has 0 saturated carbocycles. The van der Waals surface area contributed by atoms with E-state index in [9.17, 15) is 4.79 Å². The van der Waals surface area contributed by atoms with Gasteiger partial charge in [0, 0.05) is 0 Å². The van der Waals surface area contributed by atoms with E-state index in [1.807, 2.05) is 60.6 Å². The van der Waals surface area contributed by atoms with Crippen LogP contribution in [0.3, 0.4) is 0 Å². The summed E-state index contributed by atoms with van der Waals surface area (Å²) in [6.07, 6.45) is 0.398. The Morgan fingerprint density at radius 1 is 1.00 bits per heavy atom. The van der Waals surface area contributed by atoms with Crippen LogP contribution in [-0.4, -0.2) is 29.7 Å². The van der Waals surface area contributed by atoms with Gasteiger partial charge in [0.25, 0.3) is 0 Å². The lowest BCUT2D eigenvalue weighted by Crippen LogP contribution is -2.41. The lowest BCUT2D eigenvalue weighted by atomic mass is 9.74. The number of rotatable bonds is 1. The first-order chi connectivity index (χ1) is 10.4. The van der Waals surface area contributed by atoms with Crippen molar-refractivity contribution in [2.75, 3.05) is 0 Å². The zero-order chi connectivity index (χ0) is 17.2. The maximum Gasteiger partial charge on any atom is 0.495 e. The zero-order valence-electron chi connectivity index (χ0n) is 15.1. The second-order valence-electron chi connectivity index (χ2n) is 8.21. The Hall–Kier alpha value is -1.33. The molecular weight excluding hydrogens is 291 g/mol. The van der Waals surface area contributed by atoms with E-state index in [4.69, 9.17) is 14.0 Å². The van der Waals surface area contributed by atoms with Crippen molar-refractivity contribution in [3.63, 3.8) is 0 Å². The summed E-state index contributed by atoms with van der Waals surface area (Å²) < 4.78 is 18.4. The SMILES string of the molecule is Cc1c(B2OC(C)(C)C(C)(C)O2)ccc2c1OC(C)(C)CC2=O. The van der Waals surface area contributed by atoms with Gasteiger partial charge in [-0.2, -0.15) is 0 Å². The van der Waals surface area contributed by atoms with Crippen molar-refractivity contribution in [3.05, 3.63) is 23.3 Å². The number of ether oxygens (including phenoxy) is 1. The van der Waals surface area contributed by atoms with E-state index in [-0.39, 0.29) is 5.78 Å². The normalized spacial score (nSPS) is 24.3. The monoisotopic (exact) mass is 316 g/mol. The van der Waals surface area contributed by atoms with Gasteiger partial charge in [0.2, 0.25) is 0 Å². The minimum atomic E-state index is -0.483. The smallest absolute Gasteiger partial charge is 0.486 e. The van der Waals surface area contributed by atoms with E-state index in [0.29, 0.717) is 17.7 Å². The molecule has 124 valence electrons. The number of benzene rings is 1. The molecule has 0 spiro atoms. The number of Topliss-reactive ketones (excluding diaryl/α,β-unsaturated/α-hetero) is 1. The second kappa shape index (κ2) is 4.84. The number of hydrogen-bond acceptors (Lipinski definition) is 4. The van der Waals surface area contributed by atoms with Crippen LogP contribution in [0.15, 0.2) is 12.1 Å². The Balaban J connectivity index is 2.03. The number of ketones is 1. The highest BCUT2D eigenvalue weighted by molar-refractivity contribution is 6.62. The first-order valence-electron chi connectivity index (χ1n) is 8.15. The summed E-state index contributed by atoms with van der Waals surface area (Å²) in [5.74, 6) is 0.790. The maximum absolute atomic E-state index is 12.3. The van der Waals surface area contributed by atoms with Crippen molar-refractivity contribution >= 4 is 18.4 Å². The summed E-state index contributed by atoms with van der Waals surface area (Å²) >= 11 is 0. The van der Waals surface area contributed by atoms with Gasteiger partial charge >= 0.3 is 7.12 Å². The van der Waals surface area contributed by atoms with Gasteiger partial charge in [-0.25, -0.2) is 0 Å². The highest BCUT2D eigenvalue weighted by Gasteiger charge is 2.52. The second-order valence-corrected chi connectivity index (χ2v) is 8.21. The maximum atomic E-state index is 12.3. The number of hydrogen-bond donors (Lipinski definition) is 0. The summed E-state index contributed by atoms with van der Waals surface area (Å²) in [5.41, 5.74) is 1.23. The van der Waals surface area contributed by atoms with Crippen LogP contribution >= 0.6 is 0 Å². The van der Waals surface area contributed by atoms with Gasteiger partial charge in [-0.1, -0.05) is 6.07 Å². The molecule has 3 rings (SSSR count). The quantitative estimate of drug-likeness (QED) is 0.747. The van der Waals surface area contributed by atoms with Crippen LogP contribution in [0.25, 0.3) is 0 Å². The predicted octanol–water partition coefficient (Wildman–Crippen LogP) is 3.04. The van der Waals surface area contributed by atoms with E-state index in [1.165, 1.54) is 0 Å². The van der Waals surface area contributed by atoms with Crippen LogP contribution < -0.4 is 10.2 Å². The van der Waals surface area contributed by atoms with Crippen molar-refractivity contribution in [2.45, 2.75) is 71.7 Å². The molecule has 1 saturated heterocycles. The van der Waals surface area contributed by atoms with Crippen LogP contribution in [0.4, 0.5) is 0 Å². The third-order valence-corrected chi connectivity index (χ3v) is 5.22. The molecule has 4 nitrogen and oxygen atoms in total. The molecule has 5 heteroatoms. The minimum absolute atomic E-state index is 0.125. The zero-order valence-corrected chi connectivity index (χ0v) is 15.1. The average molecular weight is 316 g/mol. The molecule has 0 radical (unpaired) electrons. The van der Waals surface area contributed by atoms with Crippen molar-refractivity contribution < 1.29 is 18.8 Å². The molecule has 2 aliphatic rings. The molecule has 0 unspecified atom stereocenters. The molecule has 2 heterocycles. The molecule has 1 aromatic rings. The molecule has 0 amide bonds. The van der Waals surface area contributed by atoms with Crippen molar-refractivity contribution in [2.24, 2.45) is 0 Å². The Morgan fingerprint density at radius 3 is 2.13 bits per heavy atom.